The van der Waals surface area contributed by atoms with E-state index in [4.69, 9.17) is 0 Å². The Labute approximate surface area is 131 Å². The molecule has 3 rings (SSSR count). The van der Waals surface area contributed by atoms with Crippen LogP contribution in [0.15, 0.2) is 29.0 Å². The fourth-order valence-electron chi connectivity index (χ4n) is 2.06. The van der Waals surface area contributed by atoms with E-state index in [1.807, 2.05) is 22.7 Å². The largest absolute Gasteiger partial charge is 0.311 e. The molecule has 2 aromatic rings. The van der Waals surface area contributed by atoms with Crippen molar-refractivity contribution in [1.29, 1.82) is 0 Å². The average molecular weight is 328 g/mol. The Morgan fingerprint density at radius 1 is 1.26 bits per heavy atom. The third kappa shape index (κ3) is 4.02. The maximum absolute atomic E-state index is 3.61. The maximum atomic E-state index is 3.61. The van der Waals surface area contributed by atoms with Gasteiger partial charge >= 0.3 is 0 Å². The van der Waals surface area contributed by atoms with Crippen molar-refractivity contribution >= 4 is 46.2 Å². The first-order valence-corrected chi connectivity index (χ1v) is 10.4. The zero-order valence-corrected chi connectivity index (χ0v) is 13.9. The van der Waals surface area contributed by atoms with Gasteiger partial charge in [-0.15, -0.1) is 22.7 Å². The van der Waals surface area contributed by atoms with Gasteiger partial charge in [0, 0.05) is 50.9 Å². The van der Waals surface area contributed by atoms with E-state index in [0.29, 0.717) is 0 Å². The van der Waals surface area contributed by atoms with Crippen LogP contribution in [0.1, 0.15) is 4.88 Å². The third-order valence-electron chi connectivity index (χ3n) is 3.02. The summed E-state index contributed by atoms with van der Waals surface area (Å²) >= 11 is 7.90. The number of rotatable bonds is 5. The second kappa shape index (κ2) is 7.18. The predicted molar refractivity (Wildman–Crippen MR) is 92.9 cm³/mol. The fourth-order valence-corrected chi connectivity index (χ4v) is 6.35. The summed E-state index contributed by atoms with van der Waals surface area (Å²) in [6.07, 6.45) is 0. The highest BCUT2D eigenvalue weighted by molar-refractivity contribution is 8.06. The molecule has 1 fully saturated rings. The lowest BCUT2D eigenvalue weighted by Crippen LogP contribution is -2.28. The van der Waals surface area contributed by atoms with E-state index in [2.05, 4.69) is 57.8 Å². The number of hydrogen-bond acceptors (Lipinski definition) is 5. The monoisotopic (exact) mass is 327 g/mol. The number of hydrogen-bond donors (Lipinski definition) is 1. The molecular formula is C14H17NS4. The Morgan fingerprint density at radius 2 is 2.26 bits per heavy atom. The summed E-state index contributed by atoms with van der Waals surface area (Å²) in [6, 6.07) is 6.64. The van der Waals surface area contributed by atoms with Gasteiger partial charge in [0.1, 0.15) is 0 Å². The Balaban J connectivity index is 1.48. The SMILES string of the molecule is c1csc(-c2csc(CNCC3CSCCS3)c2)c1. The molecule has 0 amide bonds. The maximum Gasteiger partial charge on any atom is 0.0351 e. The quantitative estimate of drug-likeness (QED) is 0.873. The van der Waals surface area contributed by atoms with Crippen LogP contribution in [0.3, 0.4) is 0 Å². The van der Waals surface area contributed by atoms with Crippen molar-refractivity contribution in [2.45, 2.75) is 11.8 Å². The van der Waals surface area contributed by atoms with E-state index in [0.717, 1.165) is 18.3 Å². The molecule has 0 radical (unpaired) electrons. The van der Waals surface area contributed by atoms with Gasteiger partial charge in [0.25, 0.3) is 0 Å². The molecule has 0 bridgehead atoms. The first-order chi connectivity index (χ1) is 9.42. The molecule has 1 unspecified atom stereocenters. The third-order valence-corrected chi connectivity index (χ3v) is 7.72. The summed E-state index contributed by atoms with van der Waals surface area (Å²) in [5.74, 6) is 3.96. The molecule has 1 N–H and O–H groups in total. The van der Waals surface area contributed by atoms with E-state index in [1.54, 1.807) is 0 Å². The molecule has 3 heterocycles. The van der Waals surface area contributed by atoms with Gasteiger partial charge in [0.15, 0.2) is 0 Å². The Morgan fingerprint density at radius 3 is 3.05 bits per heavy atom. The van der Waals surface area contributed by atoms with Gasteiger partial charge in [-0.3, -0.25) is 0 Å². The standard InChI is InChI=1S/C14H17NS4/c1-2-14(18-3-1)11-6-12(19-9-11)7-15-8-13-10-16-4-5-17-13/h1-3,6,9,13,15H,4-5,7-8,10H2. The number of nitrogens with one attached hydrogen (secondary N) is 1. The van der Waals surface area contributed by atoms with Crippen LogP contribution in [0.5, 0.6) is 0 Å². The molecule has 0 spiro atoms. The molecule has 1 atom stereocenters. The van der Waals surface area contributed by atoms with Gasteiger partial charge in [0.2, 0.25) is 0 Å². The summed E-state index contributed by atoms with van der Waals surface area (Å²) in [4.78, 5) is 2.82. The van der Waals surface area contributed by atoms with E-state index in [9.17, 15) is 0 Å². The van der Waals surface area contributed by atoms with Crippen molar-refractivity contribution in [1.82, 2.24) is 5.32 Å². The number of thiophene rings is 2. The summed E-state index contributed by atoms with van der Waals surface area (Å²) in [5, 5.41) is 8.82. The first-order valence-electron chi connectivity index (χ1n) is 6.43. The minimum Gasteiger partial charge on any atom is -0.311 e. The second-order valence-corrected chi connectivity index (χ2v) is 8.98. The highest BCUT2D eigenvalue weighted by Gasteiger charge is 2.13. The van der Waals surface area contributed by atoms with E-state index in [1.165, 1.54) is 32.6 Å². The molecule has 0 aliphatic carbocycles. The van der Waals surface area contributed by atoms with Crippen LogP contribution in [-0.2, 0) is 6.54 Å². The zero-order valence-electron chi connectivity index (χ0n) is 10.6. The molecule has 102 valence electrons. The van der Waals surface area contributed by atoms with Crippen molar-refractivity contribution in [3.63, 3.8) is 0 Å². The summed E-state index contributed by atoms with van der Waals surface area (Å²) in [6.45, 7) is 2.15. The fraction of sp³-hybridized carbons (Fsp3) is 0.429. The normalized spacial score (nSPS) is 19.7. The minimum atomic E-state index is 0.801. The van der Waals surface area contributed by atoms with Crippen molar-refractivity contribution < 1.29 is 0 Å². The molecule has 19 heavy (non-hydrogen) atoms. The lowest BCUT2D eigenvalue weighted by atomic mass is 10.2. The molecule has 1 nitrogen and oxygen atoms in total. The summed E-state index contributed by atoms with van der Waals surface area (Å²) in [5.41, 5.74) is 1.37. The van der Waals surface area contributed by atoms with Crippen LogP contribution >= 0.6 is 46.2 Å². The van der Waals surface area contributed by atoms with Crippen LogP contribution in [0.25, 0.3) is 10.4 Å². The Hall–Kier alpha value is 0.0600. The van der Waals surface area contributed by atoms with Gasteiger partial charge in [-0.1, -0.05) is 6.07 Å². The smallest absolute Gasteiger partial charge is 0.0351 e. The summed E-state index contributed by atoms with van der Waals surface area (Å²) < 4.78 is 0. The van der Waals surface area contributed by atoms with Gasteiger partial charge in [-0.05, 0) is 22.9 Å². The lowest BCUT2D eigenvalue weighted by Gasteiger charge is -2.20. The first kappa shape index (κ1) is 14.0. The average Bonchev–Trinajstić information content (AvgIpc) is 3.10. The van der Waals surface area contributed by atoms with E-state index in [-0.39, 0.29) is 0 Å². The number of thioether (sulfide) groups is 2. The minimum absolute atomic E-state index is 0.801. The Bertz CT molecular complexity index is 485. The van der Waals surface area contributed by atoms with Crippen molar-refractivity contribution in [2.75, 3.05) is 23.8 Å². The molecule has 5 heteroatoms. The summed E-state index contributed by atoms with van der Waals surface area (Å²) in [7, 11) is 0. The van der Waals surface area contributed by atoms with Gasteiger partial charge in [-0.2, -0.15) is 23.5 Å². The van der Waals surface area contributed by atoms with Crippen LogP contribution in [0.2, 0.25) is 0 Å². The van der Waals surface area contributed by atoms with Crippen molar-refractivity contribution in [2.24, 2.45) is 0 Å². The van der Waals surface area contributed by atoms with E-state index < -0.39 is 0 Å². The molecule has 2 aromatic heterocycles. The van der Waals surface area contributed by atoms with Crippen LogP contribution in [-0.4, -0.2) is 29.1 Å². The highest BCUT2D eigenvalue weighted by atomic mass is 32.2. The van der Waals surface area contributed by atoms with Gasteiger partial charge in [-0.25, -0.2) is 0 Å². The Kier molecular flexibility index (Phi) is 5.30. The highest BCUT2D eigenvalue weighted by Crippen LogP contribution is 2.29. The van der Waals surface area contributed by atoms with Gasteiger partial charge in [0.05, 0.1) is 0 Å². The van der Waals surface area contributed by atoms with Gasteiger partial charge < -0.3 is 5.32 Å². The van der Waals surface area contributed by atoms with Crippen LogP contribution in [0.4, 0.5) is 0 Å². The molecule has 1 aliphatic rings. The molecule has 1 aliphatic heterocycles. The van der Waals surface area contributed by atoms with Crippen LogP contribution < -0.4 is 5.32 Å². The van der Waals surface area contributed by atoms with E-state index >= 15 is 0 Å². The predicted octanol–water partition coefficient (Wildman–Crippen LogP) is 4.41. The lowest BCUT2D eigenvalue weighted by molar-refractivity contribution is 0.693. The molecule has 0 saturated carbocycles. The zero-order chi connectivity index (χ0) is 12.9. The topological polar surface area (TPSA) is 12.0 Å². The van der Waals surface area contributed by atoms with Crippen molar-refractivity contribution in [3.8, 4) is 10.4 Å². The second-order valence-electron chi connectivity index (χ2n) is 4.48. The van der Waals surface area contributed by atoms with Crippen molar-refractivity contribution in [3.05, 3.63) is 33.8 Å². The van der Waals surface area contributed by atoms with Crippen LogP contribution in [0, 0.1) is 0 Å². The molecule has 1 saturated heterocycles. The molecule has 0 aromatic carbocycles. The molecular weight excluding hydrogens is 310 g/mol.